The Balaban J connectivity index is 2.36. The minimum Gasteiger partial charge on any atom is -0.478 e. The summed E-state index contributed by atoms with van der Waals surface area (Å²) in [7, 11) is 0. The summed E-state index contributed by atoms with van der Waals surface area (Å²) in [6.45, 7) is 0.946. The maximum atomic E-state index is 10.7. The highest BCUT2D eigenvalue weighted by Gasteiger charge is 2.22. The molecular formula is C9H11N3O2. The summed E-state index contributed by atoms with van der Waals surface area (Å²) in [5, 5.41) is 11.9. The van der Waals surface area contributed by atoms with Crippen molar-refractivity contribution in [2.24, 2.45) is 0 Å². The molecule has 2 heterocycles. The van der Waals surface area contributed by atoms with Gasteiger partial charge < -0.3 is 16.2 Å². The molecule has 14 heavy (non-hydrogen) atoms. The Morgan fingerprint density at radius 2 is 2.43 bits per heavy atom. The summed E-state index contributed by atoms with van der Waals surface area (Å²) < 4.78 is 0. The number of carboxylic acid groups (broad SMARTS) is 1. The number of hydrogen-bond donors (Lipinski definition) is 3. The number of pyridine rings is 1. The van der Waals surface area contributed by atoms with Gasteiger partial charge in [0.1, 0.15) is 5.82 Å². The van der Waals surface area contributed by atoms with E-state index in [0.717, 1.165) is 18.5 Å². The van der Waals surface area contributed by atoms with Crippen LogP contribution in [0.2, 0.25) is 0 Å². The van der Waals surface area contributed by atoms with Gasteiger partial charge in [0.2, 0.25) is 0 Å². The summed E-state index contributed by atoms with van der Waals surface area (Å²) in [5.41, 5.74) is 6.63. The molecule has 0 bridgehead atoms. The first kappa shape index (κ1) is 8.96. The molecule has 1 atom stereocenters. The van der Waals surface area contributed by atoms with Crippen molar-refractivity contribution in [2.75, 3.05) is 12.3 Å². The number of nitrogen functional groups attached to an aromatic ring is 1. The molecule has 0 aromatic carbocycles. The van der Waals surface area contributed by atoms with Crippen molar-refractivity contribution >= 4 is 11.8 Å². The second kappa shape index (κ2) is 3.26. The van der Waals surface area contributed by atoms with E-state index in [1.807, 2.05) is 0 Å². The lowest BCUT2D eigenvalue weighted by molar-refractivity contribution is 0.0696. The molecular weight excluding hydrogens is 182 g/mol. The SMILES string of the molecule is Nc1ncc(C(=O)O)cc1[C@H]1CCN1. The van der Waals surface area contributed by atoms with E-state index in [1.54, 1.807) is 6.07 Å². The van der Waals surface area contributed by atoms with Gasteiger partial charge in [0.05, 0.1) is 5.56 Å². The predicted octanol–water partition coefficient (Wildman–Crippen LogP) is 0.396. The number of carbonyl (C=O) groups is 1. The monoisotopic (exact) mass is 193 g/mol. The maximum Gasteiger partial charge on any atom is 0.337 e. The highest BCUT2D eigenvalue weighted by molar-refractivity contribution is 5.87. The molecule has 1 saturated heterocycles. The van der Waals surface area contributed by atoms with Crippen molar-refractivity contribution in [1.29, 1.82) is 0 Å². The number of aromatic nitrogens is 1. The molecule has 1 aromatic heterocycles. The Morgan fingerprint density at radius 1 is 1.71 bits per heavy atom. The van der Waals surface area contributed by atoms with Gasteiger partial charge in [-0.25, -0.2) is 9.78 Å². The third-order valence-electron chi connectivity index (χ3n) is 2.40. The van der Waals surface area contributed by atoms with Gasteiger partial charge in [-0.3, -0.25) is 0 Å². The Hall–Kier alpha value is -1.62. The molecule has 4 N–H and O–H groups in total. The van der Waals surface area contributed by atoms with E-state index in [2.05, 4.69) is 10.3 Å². The molecule has 1 aromatic rings. The van der Waals surface area contributed by atoms with Gasteiger partial charge in [0.15, 0.2) is 0 Å². The second-order valence-electron chi connectivity index (χ2n) is 3.30. The van der Waals surface area contributed by atoms with Gasteiger partial charge in [-0.1, -0.05) is 0 Å². The fourth-order valence-corrected chi connectivity index (χ4v) is 1.44. The smallest absolute Gasteiger partial charge is 0.337 e. The van der Waals surface area contributed by atoms with Crippen LogP contribution in [0.15, 0.2) is 12.3 Å². The van der Waals surface area contributed by atoms with Crippen LogP contribution in [-0.2, 0) is 0 Å². The lowest BCUT2D eigenvalue weighted by atomic mass is 9.97. The highest BCUT2D eigenvalue weighted by atomic mass is 16.4. The largest absolute Gasteiger partial charge is 0.478 e. The molecule has 0 radical (unpaired) electrons. The van der Waals surface area contributed by atoms with E-state index >= 15 is 0 Å². The normalized spacial score (nSPS) is 20.1. The molecule has 1 fully saturated rings. The van der Waals surface area contributed by atoms with E-state index in [4.69, 9.17) is 10.8 Å². The summed E-state index contributed by atoms with van der Waals surface area (Å²) in [5.74, 6) is -0.565. The summed E-state index contributed by atoms with van der Waals surface area (Å²) in [4.78, 5) is 14.6. The van der Waals surface area contributed by atoms with Crippen LogP contribution in [0.1, 0.15) is 28.4 Å². The predicted molar refractivity (Wildman–Crippen MR) is 51.0 cm³/mol. The molecule has 1 aliphatic heterocycles. The molecule has 0 spiro atoms. The number of aromatic carboxylic acids is 1. The van der Waals surface area contributed by atoms with Crippen LogP contribution in [0.3, 0.4) is 0 Å². The Morgan fingerprint density at radius 3 is 2.93 bits per heavy atom. The molecule has 5 nitrogen and oxygen atoms in total. The molecule has 5 heteroatoms. The lowest BCUT2D eigenvalue weighted by Gasteiger charge is -2.28. The highest BCUT2D eigenvalue weighted by Crippen LogP contribution is 2.26. The molecule has 0 saturated carbocycles. The van der Waals surface area contributed by atoms with Gasteiger partial charge in [0, 0.05) is 17.8 Å². The van der Waals surface area contributed by atoms with Crippen molar-refractivity contribution in [1.82, 2.24) is 10.3 Å². The summed E-state index contributed by atoms with van der Waals surface area (Å²) in [6.07, 6.45) is 2.26. The molecule has 2 rings (SSSR count). The van der Waals surface area contributed by atoms with Crippen molar-refractivity contribution < 1.29 is 9.90 Å². The number of carboxylic acids is 1. The molecule has 0 unspecified atom stereocenters. The fraction of sp³-hybridized carbons (Fsp3) is 0.333. The number of rotatable bonds is 2. The maximum absolute atomic E-state index is 10.7. The summed E-state index contributed by atoms with van der Waals surface area (Å²) >= 11 is 0. The van der Waals surface area contributed by atoms with Crippen LogP contribution in [-0.4, -0.2) is 22.6 Å². The van der Waals surface area contributed by atoms with E-state index in [9.17, 15) is 4.79 Å². The molecule has 0 aliphatic carbocycles. The lowest BCUT2D eigenvalue weighted by Crippen LogP contribution is -2.35. The number of nitrogens with zero attached hydrogens (tertiary/aromatic N) is 1. The first-order valence-electron chi connectivity index (χ1n) is 4.40. The molecule has 74 valence electrons. The minimum atomic E-state index is -0.974. The Bertz CT molecular complexity index is 374. The van der Waals surface area contributed by atoms with Gasteiger partial charge in [0.25, 0.3) is 0 Å². The van der Waals surface area contributed by atoms with Gasteiger partial charge >= 0.3 is 5.97 Å². The van der Waals surface area contributed by atoms with Gasteiger partial charge in [-0.2, -0.15) is 0 Å². The van der Waals surface area contributed by atoms with Gasteiger partial charge in [-0.15, -0.1) is 0 Å². The Kier molecular flexibility index (Phi) is 2.09. The first-order chi connectivity index (χ1) is 6.68. The van der Waals surface area contributed by atoms with Crippen LogP contribution in [0.5, 0.6) is 0 Å². The van der Waals surface area contributed by atoms with Crippen LogP contribution in [0, 0.1) is 0 Å². The van der Waals surface area contributed by atoms with Crippen molar-refractivity contribution in [2.45, 2.75) is 12.5 Å². The number of nitrogens with two attached hydrogens (primary N) is 1. The second-order valence-corrected chi connectivity index (χ2v) is 3.30. The number of hydrogen-bond acceptors (Lipinski definition) is 4. The first-order valence-corrected chi connectivity index (χ1v) is 4.40. The zero-order chi connectivity index (χ0) is 10.1. The van der Waals surface area contributed by atoms with Crippen LogP contribution in [0.4, 0.5) is 5.82 Å². The van der Waals surface area contributed by atoms with Gasteiger partial charge in [-0.05, 0) is 19.0 Å². The van der Waals surface area contributed by atoms with E-state index in [1.165, 1.54) is 6.20 Å². The van der Waals surface area contributed by atoms with Crippen molar-refractivity contribution in [3.8, 4) is 0 Å². The third-order valence-corrected chi connectivity index (χ3v) is 2.40. The topological polar surface area (TPSA) is 88.2 Å². The summed E-state index contributed by atoms with van der Waals surface area (Å²) in [6, 6.07) is 1.75. The minimum absolute atomic E-state index is 0.168. The standard InChI is InChI=1S/C9H11N3O2/c10-8-6(7-1-2-11-7)3-5(4-12-8)9(13)14/h3-4,7,11H,1-2H2,(H2,10,12)(H,13,14)/t7-/m1/s1. The molecule has 0 amide bonds. The number of anilines is 1. The number of nitrogens with one attached hydrogen (secondary N) is 1. The van der Waals surface area contributed by atoms with E-state index in [0.29, 0.717) is 5.82 Å². The quantitative estimate of drug-likeness (QED) is 0.632. The van der Waals surface area contributed by atoms with Crippen molar-refractivity contribution in [3.05, 3.63) is 23.4 Å². The van der Waals surface area contributed by atoms with E-state index in [-0.39, 0.29) is 11.6 Å². The zero-order valence-corrected chi connectivity index (χ0v) is 7.53. The average molecular weight is 193 g/mol. The van der Waals surface area contributed by atoms with Crippen LogP contribution >= 0.6 is 0 Å². The van der Waals surface area contributed by atoms with Crippen molar-refractivity contribution in [3.63, 3.8) is 0 Å². The molecule has 1 aliphatic rings. The van der Waals surface area contributed by atoms with Crippen LogP contribution in [0.25, 0.3) is 0 Å². The third kappa shape index (κ3) is 1.42. The fourth-order valence-electron chi connectivity index (χ4n) is 1.44. The zero-order valence-electron chi connectivity index (χ0n) is 7.53. The van der Waals surface area contributed by atoms with E-state index < -0.39 is 5.97 Å². The van der Waals surface area contributed by atoms with Crippen LogP contribution < -0.4 is 11.1 Å². The average Bonchev–Trinajstić information content (AvgIpc) is 2.05. The Labute approximate surface area is 81.0 Å².